The Balaban J connectivity index is 2.10. The van der Waals surface area contributed by atoms with E-state index in [0.717, 1.165) is 22.6 Å². The highest BCUT2D eigenvalue weighted by Gasteiger charge is 2.25. The SMILES string of the molecule is Cc1ccc2c(c1)-c1cc(=O)c(N(C)C(=O)OC(C)(C)C)cn1[C@H](C)CO2. The van der Waals surface area contributed by atoms with Crippen molar-refractivity contribution in [3.63, 3.8) is 0 Å². The normalized spacial score (nSPS) is 15.9. The Kier molecular flexibility index (Phi) is 4.76. The highest BCUT2D eigenvalue weighted by molar-refractivity contribution is 5.87. The van der Waals surface area contributed by atoms with Crippen molar-refractivity contribution in [2.45, 2.75) is 46.3 Å². The van der Waals surface area contributed by atoms with E-state index in [9.17, 15) is 9.59 Å². The molecule has 2 heterocycles. The van der Waals surface area contributed by atoms with Gasteiger partial charge in [0.1, 0.15) is 23.6 Å². The van der Waals surface area contributed by atoms with Crippen molar-refractivity contribution in [1.82, 2.24) is 4.57 Å². The lowest BCUT2D eigenvalue weighted by Crippen LogP contribution is -2.37. The van der Waals surface area contributed by atoms with Crippen molar-refractivity contribution in [3.05, 3.63) is 46.2 Å². The summed E-state index contributed by atoms with van der Waals surface area (Å²) in [5.74, 6) is 0.756. The Bertz CT molecular complexity index is 940. The average molecular weight is 370 g/mol. The molecule has 1 atom stereocenters. The standard InChI is InChI=1S/C21H26N2O4/c1-13-7-8-19-15(9-13)16-10-18(24)17(11-23(16)14(2)12-26-19)22(6)20(25)27-21(3,4)5/h7-11,14H,12H2,1-6H3/t14-/m1/s1. The minimum Gasteiger partial charge on any atom is -0.491 e. The summed E-state index contributed by atoms with van der Waals surface area (Å²) < 4.78 is 13.3. The monoisotopic (exact) mass is 370 g/mol. The van der Waals surface area contributed by atoms with E-state index in [1.54, 1.807) is 40.1 Å². The van der Waals surface area contributed by atoms with Crippen LogP contribution in [0.1, 0.15) is 39.3 Å². The number of nitrogens with zero attached hydrogens (tertiary/aromatic N) is 2. The van der Waals surface area contributed by atoms with Gasteiger partial charge < -0.3 is 14.0 Å². The Hall–Kier alpha value is -2.76. The number of pyridine rings is 1. The molecule has 3 rings (SSSR count). The number of hydrogen-bond acceptors (Lipinski definition) is 4. The number of aromatic nitrogens is 1. The van der Waals surface area contributed by atoms with Gasteiger partial charge in [0.25, 0.3) is 0 Å². The molecule has 0 aliphatic carbocycles. The summed E-state index contributed by atoms with van der Waals surface area (Å²) in [4.78, 5) is 26.5. The molecule has 0 saturated carbocycles. The van der Waals surface area contributed by atoms with E-state index in [-0.39, 0.29) is 17.2 Å². The van der Waals surface area contributed by atoms with Gasteiger partial charge in [-0.05, 0) is 46.8 Å². The van der Waals surface area contributed by atoms with E-state index < -0.39 is 11.7 Å². The van der Waals surface area contributed by atoms with Crippen LogP contribution in [0.4, 0.5) is 10.5 Å². The third kappa shape index (κ3) is 3.84. The number of aryl methyl sites for hydroxylation is 1. The number of ether oxygens (including phenoxy) is 2. The second kappa shape index (κ2) is 6.76. The van der Waals surface area contributed by atoms with Crippen LogP contribution in [0.15, 0.2) is 35.3 Å². The third-order valence-electron chi connectivity index (χ3n) is 4.45. The first-order chi connectivity index (χ1) is 12.6. The first-order valence-corrected chi connectivity index (χ1v) is 9.03. The topological polar surface area (TPSA) is 60.8 Å². The molecule has 27 heavy (non-hydrogen) atoms. The third-order valence-corrected chi connectivity index (χ3v) is 4.45. The molecule has 0 spiro atoms. The maximum Gasteiger partial charge on any atom is 0.414 e. The fourth-order valence-electron chi connectivity index (χ4n) is 3.06. The van der Waals surface area contributed by atoms with Crippen LogP contribution in [0.5, 0.6) is 5.75 Å². The number of benzene rings is 1. The van der Waals surface area contributed by atoms with E-state index in [2.05, 4.69) is 0 Å². The van der Waals surface area contributed by atoms with Gasteiger partial charge in [0.05, 0.1) is 11.7 Å². The minimum absolute atomic E-state index is 0.000840. The Morgan fingerprint density at radius 1 is 1.30 bits per heavy atom. The molecule has 6 heteroatoms. The van der Waals surface area contributed by atoms with Gasteiger partial charge in [0.15, 0.2) is 0 Å². The summed E-state index contributed by atoms with van der Waals surface area (Å²) >= 11 is 0. The van der Waals surface area contributed by atoms with Crippen molar-refractivity contribution in [1.29, 1.82) is 0 Å². The Morgan fingerprint density at radius 2 is 2.00 bits per heavy atom. The molecule has 0 saturated heterocycles. The van der Waals surface area contributed by atoms with Crippen molar-refractivity contribution < 1.29 is 14.3 Å². The number of hydrogen-bond donors (Lipinski definition) is 0. The summed E-state index contributed by atoms with van der Waals surface area (Å²) in [5.41, 5.74) is 2.14. The summed E-state index contributed by atoms with van der Waals surface area (Å²) in [6.45, 7) is 9.87. The highest BCUT2D eigenvalue weighted by Crippen LogP contribution is 2.35. The van der Waals surface area contributed by atoms with Crippen LogP contribution in [0.2, 0.25) is 0 Å². The molecule has 0 bridgehead atoms. The molecule has 0 N–H and O–H groups in total. The van der Waals surface area contributed by atoms with Gasteiger partial charge in [-0.25, -0.2) is 4.79 Å². The van der Waals surface area contributed by atoms with E-state index >= 15 is 0 Å². The quantitative estimate of drug-likeness (QED) is 0.757. The highest BCUT2D eigenvalue weighted by atomic mass is 16.6. The molecule has 0 fully saturated rings. The molecule has 0 unspecified atom stereocenters. The summed E-state index contributed by atoms with van der Waals surface area (Å²) in [5, 5.41) is 0. The molecule has 2 aromatic rings. The number of rotatable bonds is 1. The van der Waals surface area contributed by atoms with Gasteiger partial charge in [-0.1, -0.05) is 11.6 Å². The number of anilines is 1. The molecule has 6 nitrogen and oxygen atoms in total. The fourth-order valence-corrected chi connectivity index (χ4v) is 3.06. The van der Waals surface area contributed by atoms with Gasteiger partial charge >= 0.3 is 6.09 Å². The van der Waals surface area contributed by atoms with Gasteiger partial charge in [-0.3, -0.25) is 9.69 Å². The van der Waals surface area contributed by atoms with Gasteiger partial charge in [0, 0.05) is 24.9 Å². The molecule has 1 amide bonds. The predicted octanol–water partition coefficient (Wildman–Crippen LogP) is 4.15. The second-order valence-corrected chi connectivity index (χ2v) is 8.01. The van der Waals surface area contributed by atoms with E-state index in [4.69, 9.17) is 9.47 Å². The lowest BCUT2D eigenvalue weighted by molar-refractivity contribution is 0.0589. The number of fused-ring (bicyclic) bond motifs is 3. The number of carbonyl (C=O) groups excluding carboxylic acids is 1. The smallest absolute Gasteiger partial charge is 0.414 e. The number of carbonyl (C=O) groups is 1. The number of amides is 1. The van der Waals surface area contributed by atoms with Crippen molar-refractivity contribution in [2.75, 3.05) is 18.6 Å². The van der Waals surface area contributed by atoms with Crippen LogP contribution in [0, 0.1) is 6.92 Å². The molecule has 1 aliphatic rings. The zero-order chi connectivity index (χ0) is 19.9. The Labute approximate surface area is 159 Å². The molecular formula is C21H26N2O4. The Morgan fingerprint density at radius 3 is 2.67 bits per heavy atom. The largest absolute Gasteiger partial charge is 0.491 e. The summed E-state index contributed by atoms with van der Waals surface area (Å²) in [6, 6.07) is 7.49. The average Bonchev–Trinajstić information content (AvgIpc) is 2.69. The van der Waals surface area contributed by atoms with Gasteiger partial charge in [-0.2, -0.15) is 0 Å². The summed E-state index contributed by atoms with van der Waals surface area (Å²) in [6.07, 6.45) is 1.15. The van der Waals surface area contributed by atoms with Crippen LogP contribution < -0.4 is 15.1 Å². The first-order valence-electron chi connectivity index (χ1n) is 9.03. The first kappa shape index (κ1) is 19.0. The van der Waals surface area contributed by atoms with Crippen LogP contribution in [0.25, 0.3) is 11.3 Å². The van der Waals surface area contributed by atoms with Gasteiger partial charge in [0.2, 0.25) is 5.43 Å². The van der Waals surface area contributed by atoms with Crippen molar-refractivity contribution >= 4 is 11.8 Å². The molecule has 0 radical (unpaired) electrons. The zero-order valence-electron chi connectivity index (χ0n) is 16.7. The molecular weight excluding hydrogens is 344 g/mol. The zero-order valence-corrected chi connectivity index (χ0v) is 16.7. The van der Waals surface area contributed by atoms with Gasteiger partial charge in [-0.15, -0.1) is 0 Å². The molecule has 1 aromatic carbocycles. The van der Waals surface area contributed by atoms with Crippen LogP contribution in [-0.4, -0.2) is 29.9 Å². The lowest BCUT2D eigenvalue weighted by Gasteiger charge is -2.25. The van der Waals surface area contributed by atoms with Crippen LogP contribution in [0.3, 0.4) is 0 Å². The predicted molar refractivity (Wildman–Crippen MR) is 106 cm³/mol. The second-order valence-electron chi connectivity index (χ2n) is 8.01. The van der Waals surface area contributed by atoms with E-state index in [0.29, 0.717) is 6.61 Å². The van der Waals surface area contributed by atoms with Crippen molar-refractivity contribution in [3.8, 4) is 17.0 Å². The maximum absolute atomic E-state index is 12.8. The minimum atomic E-state index is -0.634. The maximum atomic E-state index is 12.8. The van der Waals surface area contributed by atoms with E-state index in [1.807, 2.05) is 36.6 Å². The van der Waals surface area contributed by atoms with E-state index in [1.165, 1.54) is 4.90 Å². The fraction of sp³-hybridized carbons (Fsp3) is 0.429. The molecule has 1 aliphatic heterocycles. The van der Waals surface area contributed by atoms with Crippen LogP contribution in [-0.2, 0) is 4.74 Å². The molecule has 1 aromatic heterocycles. The molecule has 144 valence electrons. The summed E-state index contributed by atoms with van der Waals surface area (Å²) in [7, 11) is 1.55. The van der Waals surface area contributed by atoms with Crippen molar-refractivity contribution in [2.24, 2.45) is 0 Å². The van der Waals surface area contributed by atoms with Crippen LogP contribution >= 0.6 is 0 Å². The lowest BCUT2D eigenvalue weighted by atomic mass is 10.1.